The van der Waals surface area contributed by atoms with Crippen molar-refractivity contribution in [2.75, 3.05) is 0 Å². The second kappa shape index (κ2) is 7.16. The van der Waals surface area contributed by atoms with Crippen molar-refractivity contribution < 1.29 is 9.90 Å². The number of fused-ring (bicyclic) bond motifs is 1. The summed E-state index contributed by atoms with van der Waals surface area (Å²) >= 11 is 0. The Balaban J connectivity index is 2.19. The highest BCUT2D eigenvalue weighted by Gasteiger charge is 2.34. The Kier molecular flexibility index (Phi) is 5.46. The molecule has 0 aromatic rings. The van der Waals surface area contributed by atoms with Gasteiger partial charge in [-0.15, -0.1) is 0 Å². The van der Waals surface area contributed by atoms with Gasteiger partial charge in [0, 0.05) is 6.08 Å². The van der Waals surface area contributed by atoms with Gasteiger partial charge in [0.05, 0.1) is 0 Å². The summed E-state index contributed by atoms with van der Waals surface area (Å²) < 4.78 is 0. The minimum absolute atomic E-state index is 0.378. The summed E-state index contributed by atoms with van der Waals surface area (Å²) in [5.74, 6) is -0.901. The minimum Gasteiger partial charge on any atom is -0.478 e. The van der Waals surface area contributed by atoms with Crippen LogP contribution in [0.3, 0.4) is 0 Å². The molecule has 0 amide bonds. The van der Waals surface area contributed by atoms with Crippen LogP contribution in [0.1, 0.15) is 59.8 Å². The third-order valence-electron chi connectivity index (χ3n) is 5.22. The van der Waals surface area contributed by atoms with Gasteiger partial charge in [0.1, 0.15) is 0 Å². The molecule has 0 aromatic carbocycles. The molecule has 0 saturated heterocycles. The van der Waals surface area contributed by atoms with Crippen LogP contribution >= 0.6 is 0 Å². The predicted molar refractivity (Wildman–Crippen MR) is 96.3 cm³/mol. The van der Waals surface area contributed by atoms with Gasteiger partial charge in [0.25, 0.3) is 0 Å². The number of allylic oxidation sites excluding steroid dienone is 9. The lowest BCUT2D eigenvalue weighted by molar-refractivity contribution is -0.131. The van der Waals surface area contributed by atoms with Crippen molar-refractivity contribution in [3.8, 4) is 0 Å². The van der Waals surface area contributed by atoms with Crippen LogP contribution in [-0.4, -0.2) is 11.1 Å². The van der Waals surface area contributed by atoms with Gasteiger partial charge >= 0.3 is 5.97 Å². The molecule has 0 saturated carbocycles. The largest absolute Gasteiger partial charge is 0.478 e. The van der Waals surface area contributed by atoms with Crippen molar-refractivity contribution in [2.24, 2.45) is 5.41 Å². The maximum absolute atomic E-state index is 10.6. The molecule has 2 nitrogen and oxygen atoms in total. The van der Waals surface area contributed by atoms with Crippen molar-refractivity contribution in [3.05, 3.63) is 58.2 Å². The zero-order valence-electron chi connectivity index (χ0n) is 14.8. The zero-order valence-corrected chi connectivity index (χ0v) is 14.8. The molecule has 0 radical (unpaired) electrons. The fourth-order valence-electron chi connectivity index (χ4n) is 3.75. The molecule has 1 N–H and O–H groups in total. The molecule has 1 unspecified atom stereocenters. The normalized spacial score (nSPS) is 26.3. The average Bonchev–Trinajstić information content (AvgIpc) is 2.46. The molecule has 1 atom stereocenters. The third kappa shape index (κ3) is 4.34. The smallest absolute Gasteiger partial charge is 0.328 e. The first-order valence-corrected chi connectivity index (χ1v) is 8.49. The molecule has 2 aliphatic carbocycles. The Morgan fingerprint density at radius 2 is 2.00 bits per heavy atom. The second-order valence-corrected chi connectivity index (χ2v) is 7.21. The van der Waals surface area contributed by atoms with E-state index in [1.165, 1.54) is 42.9 Å². The summed E-state index contributed by atoms with van der Waals surface area (Å²) in [5, 5.41) is 8.72. The van der Waals surface area contributed by atoms with Gasteiger partial charge in [-0.2, -0.15) is 0 Å². The standard InChI is InChI=1S/C21H28O2/c1-15(13-20(22)23)7-5-8-16(2)18-10-12-21(4)11-6-9-17(3)19(21)14-18/h5,7-8,13-14H,6,9-12H2,1-4H3,(H,22,23). The summed E-state index contributed by atoms with van der Waals surface area (Å²) in [6.45, 7) is 8.64. The number of rotatable bonds is 4. The van der Waals surface area contributed by atoms with Gasteiger partial charge in [0.15, 0.2) is 0 Å². The Morgan fingerprint density at radius 1 is 1.26 bits per heavy atom. The SMILES string of the molecule is CC(C=CC=C(C)C1=CC2=C(C)CCCC2(C)CC1)=CC(=O)O. The van der Waals surface area contributed by atoms with E-state index in [0.717, 1.165) is 12.0 Å². The lowest BCUT2D eigenvalue weighted by atomic mass is 9.65. The highest BCUT2D eigenvalue weighted by Crippen LogP contribution is 2.49. The molecule has 0 bridgehead atoms. The van der Waals surface area contributed by atoms with Gasteiger partial charge in [-0.05, 0) is 80.6 Å². The molecule has 0 heterocycles. The number of hydrogen-bond acceptors (Lipinski definition) is 1. The van der Waals surface area contributed by atoms with E-state index in [2.05, 4.69) is 32.9 Å². The zero-order chi connectivity index (χ0) is 17.0. The van der Waals surface area contributed by atoms with E-state index in [9.17, 15) is 4.79 Å². The van der Waals surface area contributed by atoms with Gasteiger partial charge in [-0.3, -0.25) is 0 Å². The summed E-state index contributed by atoms with van der Waals surface area (Å²) in [6.07, 6.45) is 15.7. The van der Waals surface area contributed by atoms with Crippen LogP contribution in [0.25, 0.3) is 0 Å². The molecule has 0 aromatic heterocycles. The first-order chi connectivity index (χ1) is 10.8. The number of aliphatic carboxylic acids is 1. The van der Waals surface area contributed by atoms with Crippen LogP contribution in [0.2, 0.25) is 0 Å². The van der Waals surface area contributed by atoms with Gasteiger partial charge in [-0.1, -0.05) is 36.8 Å². The van der Waals surface area contributed by atoms with Crippen LogP contribution in [0.15, 0.2) is 58.2 Å². The monoisotopic (exact) mass is 312 g/mol. The quantitative estimate of drug-likeness (QED) is 0.530. The van der Waals surface area contributed by atoms with E-state index >= 15 is 0 Å². The minimum atomic E-state index is -0.901. The summed E-state index contributed by atoms with van der Waals surface area (Å²) in [6, 6.07) is 0. The van der Waals surface area contributed by atoms with Crippen LogP contribution < -0.4 is 0 Å². The topological polar surface area (TPSA) is 37.3 Å². The van der Waals surface area contributed by atoms with E-state index in [-0.39, 0.29) is 0 Å². The second-order valence-electron chi connectivity index (χ2n) is 7.21. The van der Waals surface area contributed by atoms with Gasteiger partial charge in [0.2, 0.25) is 0 Å². The maximum atomic E-state index is 10.6. The number of carboxylic acid groups (broad SMARTS) is 1. The summed E-state index contributed by atoms with van der Waals surface area (Å²) in [7, 11) is 0. The lowest BCUT2D eigenvalue weighted by Gasteiger charge is -2.40. The van der Waals surface area contributed by atoms with Crippen molar-refractivity contribution in [2.45, 2.75) is 59.8 Å². The van der Waals surface area contributed by atoms with Crippen LogP contribution in [0.4, 0.5) is 0 Å². The molecular weight excluding hydrogens is 284 g/mol. The van der Waals surface area contributed by atoms with Crippen LogP contribution in [0.5, 0.6) is 0 Å². The predicted octanol–water partition coefficient (Wildman–Crippen LogP) is 5.75. The van der Waals surface area contributed by atoms with E-state index in [1.54, 1.807) is 18.1 Å². The Bertz CT molecular complexity index is 641. The molecule has 2 heteroatoms. The third-order valence-corrected chi connectivity index (χ3v) is 5.22. The number of hydrogen-bond donors (Lipinski definition) is 1. The Hall–Kier alpha value is -1.83. The van der Waals surface area contributed by atoms with E-state index < -0.39 is 5.97 Å². The Morgan fingerprint density at radius 3 is 2.70 bits per heavy atom. The van der Waals surface area contributed by atoms with E-state index in [0.29, 0.717) is 5.41 Å². The molecule has 2 aliphatic rings. The molecular formula is C21H28O2. The van der Waals surface area contributed by atoms with Gasteiger partial charge < -0.3 is 5.11 Å². The average molecular weight is 312 g/mol. The fraction of sp³-hybridized carbons (Fsp3) is 0.476. The Labute approximate surface area is 140 Å². The van der Waals surface area contributed by atoms with E-state index in [1.807, 2.05) is 12.2 Å². The molecule has 124 valence electrons. The highest BCUT2D eigenvalue weighted by atomic mass is 16.4. The van der Waals surface area contributed by atoms with Crippen LogP contribution in [-0.2, 0) is 4.79 Å². The van der Waals surface area contributed by atoms with Gasteiger partial charge in [-0.25, -0.2) is 4.79 Å². The number of carbonyl (C=O) groups is 1. The number of carboxylic acids is 1. The van der Waals surface area contributed by atoms with Crippen molar-refractivity contribution in [3.63, 3.8) is 0 Å². The first kappa shape index (κ1) is 17.5. The molecule has 0 spiro atoms. The first-order valence-electron chi connectivity index (χ1n) is 8.49. The van der Waals surface area contributed by atoms with Crippen molar-refractivity contribution >= 4 is 5.97 Å². The molecule has 0 fully saturated rings. The lowest BCUT2D eigenvalue weighted by Crippen LogP contribution is -2.26. The molecule has 0 aliphatic heterocycles. The van der Waals surface area contributed by atoms with Crippen molar-refractivity contribution in [1.82, 2.24) is 0 Å². The summed E-state index contributed by atoms with van der Waals surface area (Å²) in [5.41, 5.74) is 6.93. The summed E-state index contributed by atoms with van der Waals surface area (Å²) in [4.78, 5) is 10.6. The highest BCUT2D eigenvalue weighted by molar-refractivity contribution is 5.81. The van der Waals surface area contributed by atoms with Crippen LogP contribution in [0, 0.1) is 5.41 Å². The van der Waals surface area contributed by atoms with Crippen molar-refractivity contribution in [1.29, 1.82) is 0 Å². The maximum Gasteiger partial charge on any atom is 0.328 e. The van der Waals surface area contributed by atoms with E-state index in [4.69, 9.17) is 5.11 Å². The molecule has 2 rings (SSSR count). The molecule has 23 heavy (non-hydrogen) atoms. The fourth-order valence-corrected chi connectivity index (χ4v) is 3.75.